The first-order valence-corrected chi connectivity index (χ1v) is 6.33. The average molecular weight is 219 g/mol. The van der Waals surface area contributed by atoms with Gasteiger partial charge < -0.3 is 4.90 Å². The Labute approximate surface area is 101 Å². The molecule has 0 aromatic heterocycles. The van der Waals surface area contributed by atoms with Crippen molar-refractivity contribution in [1.82, 2.24) is 4.90 Å². The molecule has 1 saturated heterocycles. The van der Waals surface area contributed by atoms with Crippen LogP contribution in [0.3, 0.4) is 0 Å². The molecule has 1 aliphatic rings. The number of nitrogens with zero attached hydrogens (tertiary/aromatic N) is 1. The van der Waals surface area contributed by atoms with Crippen LogP contribution in [0, 0.1) is 5.41 Å². The molecular formula is C15H25N. The van der Waals surface area contributed by atoms with Crippen molar-refractivity contribution in [3.63, 3.8) is 0 Å². The molecule has 0 bridgehead atoms. The van der Waals surface area contributed by atoms with Gasteiger partial charge in [-0.05, 0) is 57.3 Å². The van der Waals surface area contributed by atoms with E-state index in [1.807, 2.05) is 6.08 Å². The quantitative estimate of drug-likeness (QED) is 0.650. The Morgan fingerprint density at radius 3 is 2.44 bits per heavy atom. The highest BCUT2D eigenvalue weighted by atomic mass is 15.1. The monoisotopic (exact) mass is 219 g/mol. The lowest BCUT2D eigenvalue weighted by Crippen LogP contribution is -2.38. The van der Waals surface area contributed by atoms with E-state index in [1.54, 1.807) is 0 Å². The lowest BCUT2D eigenvalue weighted by molar-refractivity contribution is 0.153. The molecular weight excluding hydrogens is 194 g/mol. The fraction of sp³-hybridized carbons (Fsp3) is 0.600. The summed E-state index contributed by atoms with van der Waals surface area (Å²) in [5.74, 6) is 0. The Bertz CT molecular complexity index is 278. The van der Waals surface area contributed by atoms with E-state index in [9.17, 15) is 0 Å². The zero-order chi connectivity index (χ0) is 12.0. The van der Waals surface area contributed by atoms with Crippen LogP contribution < -0.4 is 0 Å². The summed E-state index contributed by atoms with van der Waals surface area (Å²) in [5, 5.41) is 0. The highest BCUT2D eigenvalue weighted by Gasteiger charge is 2.33. The van der Waals surface area contributed by atoms with Crippen molar-refractivity contribution in [3.05, 3.63) is 36.5 Å². The van der Waals surface area contributed by atoms with Crippen LogP contribution in [-0.4, -0.2) is 25.0 Å². The molecule has 1 aliphatic heterocycles. The molecule has 1 rings (SSSR count). The zero-order valence-corrected chi connectivity index (χ0v) is 11.0. The second kappa shape index (κ2) is 6.05. The molecule has 0 N–H and O–H groups in total. The van der Waals surface area contributed by atoms with Crippen LogP contribution in [0.1, 0.15) is 33.1 Å². The molecule has 1 nitrogen and oxygen atoms in total. The van der Waals surface area contributed by atoms with Gasteiger partial charge in [-0.1, -0.05) is 37.8 Å². The molecule has 1 fully saturated rings. The third-order valence-corrected chi connectivity index (χ3v) is 3.88. The van der Waals surface area contributed by atoms with E-state index in [2.05, 4.69) is 50.6 Å². The maximum absolute atomic E-state index is 3.84. The van der Waals surface area contributed by atoms with E-state index in [0.29, 0.717) is 5.41 Å². The summed E-state index contributed by atoms with van der Waals surface area (Å²) in [4.78, 5) is 2.43. The van der Waals surface area contributed by atoms with Crippen LogP contribution >= 0.6 is 0 Å². The summed E-state index contributed by atoms with van der Waals surface area (Å²) in [6, 6.07) is 0. The van der Waals surface area contributed by atoms with Crippen LogP contribution in [-0.2, 0) is 0 Å². The molecule has 0 aromatic carbocycles. The van der Waals surface area contributed by atoms with Crippen molar-refractivity contribution >= 4 is 0 Å². The van der Waals surface area contributed by atoms with Gasteiger partial charge in [-0.15, -0.1) is 0 Å². The maximum Gasteiger partial charge on any atom is -0.00133 e. The van der Waals surface area contributed by atoms with E-state index < -0.39 is 0 Å². The predicted molar refractivity (Wildman–Crippen MR) is 72.5 cm³/mol. The first kappa shape index (κ1) is 13.2. The van der Waals surface area contributed by atoms with Crippen molar-refractivity contribution in [3.8, 4) is 0 Å². The van der Waals surface area contributed by atoms with Crippen molar-refractivity contribution in [1.29, 1.82) is 0 Å². The summed E-state index contributed by atoms with van der Waals surface area (Å²) in [5.41, 5.74) is 1.84. The van der Waals surface area contributed by atoms with Gasteiger partial charge in [0.15, 0.2) is 0 Å². The zero-order valence-electron chi connectivity index (χ0n) is 11.0. The van der Waals surface area contributed by atoms with Gasteiger partial charge >= 0.3 is 0 Å². The van der Waals surface area contributed by atoms with E-state index in [1.165, 1.54) is 37.9 Å². The van der Waals surface area contributed by atoms with Crippen LogP contribution in [0.4, 0.5) is 0 Å². The number of allylic oxidation sites excluding steroid dienone is 5. The van der Waals surface area contributed by atoms with Gasteiger partial charge in [0.2, 0.25) is 0 Å². The summed E-state index contributed by atoms with van der Waals surface area (Å²) in [6.45, 7) is 10.7. The van der Waals surface area contributed by atoms with Gasteiger partial charge in [0.05, 0.1) is 0 Å². The van der Waals surface area contributed by atoms with Gasteiger partial charge in [0.1, 0.15) is 0 Å². The minimum absolute atomic E-state index is 0.382. The molecule has 0 atom stereocenters. The second-order valence-electron chi connectivity index (χ2n) is 4.79. The first-order valence-electron chi connectivity index (χ1n) is 6.33. The van der Waals surface area contributed by atoms with Gasteiger partial charge in [0.25, 0.3) is 0 Å². The third-order valence-electron chi connectivity index (χ3n) is 3.88. The van der Waals surface area contributed by atoms with Crippen molar-refractivity contribution in [2.45, 2.75) is 33.1 Å². The fourth-order valence-corrected chi connectivity index (χ4v) is 2.61. The van der Waals surface area contributed by atoms with Crippen LogP contribution in [0.15, 0.2) is 36.5 Å². The number of rotatable bonds is 4. The molecule has 0 unspecified atom stereocenters. The smallest absolute Gasteiger partial charge is 0.00133 e. The molecule has 90 valence electrons. The number of hydrogen-bond donors (Lipinski definition) is 0. The summed E-state index contributed by atoms with van der Waals surface area (Å²) >= 11 is 0. The standard InChI is InChI=1S/C15H25N/c1-5-8-14(9-6-2)15(7-3)10-12-16(4)13-11-15/h5-6,8-9H,1,7,10-13H2,2-4H3/b9-6-,14-8+. The van der Waals surface area contributed by atoms with Gasteiger partial charge in [0, 0.05) is 0 Å². The van der Waals surface area contributed by atoms with Crippen LogP contribution in [0.2, 0.25) is 0 Å². The van der Waals surface area contributed by atoms with Crippen molar-refractivity contribution in [2.24, 2.45) is 5.41 Å². The van der Waals surface area contributed by atoms with Crippen LogP contribution in [0.5, 0.6) is 0 Å². The molecule has 1 heteroatoms. The van der Waals surface area contributed by atoms with Gasteiger partial charge in [-0.3, -0.25) is 0 Å². The third kappa shape index (κ3) is 2.85. The van der Waals surface area contributed by atoms with Gasteiger partial charge in [-0.2, -0.15) is 0 Å². The van der Waals surface area contributed by atoms with E-state index in [4.69, 9.17) is 0 Å². The van der Waals surface area contributed by atoms with E-state index in [-0.39, 0.29) is 0 Å². The highest BCUT2D eigenvalue weighted by molar-refractivity contribution is 5.30. The van der Waals surface area contributed by atoms with E-state index >= 15 is 0 Å². The highest BCUT2D eigenvalue weighted by Crippen LogP contribution is 2.42. The first-order chi connectivity index (χ1) is 7.68. The molecule has 16 heavy (non-hydrogen) atoms. The fourth-order valence-electron chi connectivity index (χ4n) is 2.61. The Hall–Kier alpha value is -0.820. The van der Waals surface area contributed by atoms with Crippen LogP contribution in [0.25, 0.3) is 0 Å². The Balaban J connectivity index is 2.93. The topological polar surface area (TPSA) is 3.24 Å². The largest absolute Gasteiger partial charge is 0.306 e. The summed E-state index contributed by atoms with van der Waals surface area (Å²) in [6.07, 6.45) is 12.3. The van der Waals surface area contributed by atoms with Crippen molar-refractivity contribution in [2.75, 3.05) is 20.1 Å². The predicted octanol–water partition coefficient (Wildman–Crippen LogP) is 3.80. The average Bonchev–Trinajstić information content (AvgIpc) is 2.31. The number of likely N-dealkylation sites (tertiary alicyclic amines) is 1. The molecule has 1 heterocycles. The summed E-state index contributed by atoms with van der Waals surface area (Å²) < 4.78 is 0. The molecule has 0 radical (unpaired) electrons. The maximum atomic E-state index is 3.84. The lowest BCUT2D eigenvalue weighted by atomic mass is 9.70. The SMILES string of the molecule is C=C/C=C(\C=C/C)C1(CC)CCN(C)CC1. The Morgan fingerprint density at radius 2 is 2.00 bits per heavy atom. The molecule has 0 aliphatic carbocycles. The molecule has 0 spiro atoms. The Morgan fingerprint density at radius 1 is 1.38 bits per heavy atom. The molecule has 0 aromatic rings. The Kier molecular flexibility index (Phi) is 5.01. The number of piperidine rings is 1. The molecule has 0 saturated carbocycles. The second-order valence-corrected chi connectivity index (χ2v) is 4.79. The number of hydrogen-bond acceptors (Lipinski definition) is 1. The minimum Gasteiger partial charge on any atom is -0.306 e. The minimum atomic E-state index is 0.382. The molecule has 0 amide bonds. The van der Waals surface area contributed by atoms with E-state index in [0.717, 1.165) is 0 Å². The van der Waals surface area contributed by atoms with Gasteiger partial charge in [-0.25, -0.2) is 0 Å². The normalized spacial score (nSPS) is 22.6. The summed E-state index contributed by atoms with van der Waals surface area (Å²) in [7, 11) is 2.21. The van der Waals surface area contributed by atoms with Crippen molar-refractivity contribution < 1.29 is 0 Å². The lowest BCUT2D eigenvalue weighted by Gasteiger charge is -2.41.